The third kappa shape index (κ3) is 24.5. The molecule has 1 aromatic carbocycles. The van der Waals surface area contributed by atoms with Gasteiger partial charge in [0.15, 0.2) is 5.96 Å². The van der Waals surface area contributed by atoms with Crippen molar-refractivity contribution >= 4 is 89.6 Å². The summed E-state index contributed by atoms with van der Waals surface area (Å²) < 4.78 is 0. The molecule has 430 valence electrons. The number of nitrogens with one attached hydrogen (secondary N) is 10. The van der Waals surface area contributed by atoms with Gasteiger partial charge >= 0.3 is 11.9 Å². The van der Waals surface area contributed by atoms with E-state index in [1.54, 1.807) is 30.3 Å². The number of imidazole rings is 1. The first kappa shape index (κ1) is 65.7. The maximum Gasteiger partial charge on any atom is 0.322 e. The molecule has 0 spiro atoms. The molecule has 0 aliphatic rings. The Morgan fingerprint density at radius 1 is 0.603 bits per heavy atom. The zero-order valence-corrected chi connectivity index (χ0v) is 43.2. The van der Waals surface area contributed by atoms with Crippen LogP contribution in [0.5, 0.6) is 0 Å². The third-order valence-electron chi connectivity index (χ3n) is 11.0. The van der Waals surface area contributed by atoms with Gasteiger partial charge in [0.2, 0.25) is 59.1 Å². The summed E-state index contributed by atoms with van der Waals surface area (Å²) in [5, 5.41) is 59.2. The molecule has 1 aromatic heterocycles. The van der Waals surface area contributed by atoms with Crippen LogP contribution in [0.2, 0.25) is 0 Å². The highest BCUT2D eigenvalue weighted by Crippen LogP contribution is 2.09. The van der Waals surface area contributed by atoms with Crippen molar-refractivity contribution in [1.29, 1.82) is 0 Å². The quantitative estimate of drug-likeness (QED) is 0.0130. The van der Waals surface area contributed by atoms with Gasteiger partial charge in [-0.2, -0.15) is 12.6 Å². The van der Waals surface area contributed by atoms with Crippen LogP contribution in [-0.4, -0.2) is 194 Å². The summed E-state index contributed by atoms with van der Waals surface area (Å²) in [5.74, 6) is -13.6. The van der Waals surface area contributed by atoms with Crippen LogP contribution in [0.25, 0.3) is 0 Å². The molecule has 0 aliphatic heterocycles. The molecule has 9 atom stereocenters. The van der Waals surface area contributed by atoms with Crippen LogP contribution in [-0.2, 0) is 70.4 Å². The number of hydrogen-bond acceptors (Lipinski definition) is 18. The van der Waals surface area contributed by atoms with Crippen molar-refractivity contribution in [2.45, 2.75) is 113 Å². The zero-order valence-electron chi connectivity index (χ0n) is 42.3. The molecule has 32 nitrogen and oxygen atoms in total. The lowest BCUT2D eigenvalue weighted by atomic mass is 10.0. The highest BCUT2D eigenvalue weighted by Gasteiger charge is 2.35. The molecule has 0 saturated carbocycles. The van der Waals surface area contributed by atoms with Crippen molar-refractivity contribution in [1.82, 2.24) is 57.8 Å². The first-order valence-electron chi connectivity index (χ1n) is 24.0. The van der Waals surface area contributed by atoms with E-state index in [-0.39, 0.29) is 44.6 Å². The van der Waals surface area contributed by atoms with Crippen LogP contribution >= 0.6 is 12.6 Å². The number of aliphatic hydroxyl groups is 2. The van der Waals surface area contributed by atoms with Gasteiger partial charge in [0.25, 0.3) is 0 Å². The molecule has 2 aromatic rings. The fraction of sp³-hybridized carbons (Fsp3) is 0.511. The Kier molecular flexibility index (Phi) is 28.9. The summed E-state index contributed by atoms with van der Waals surface area (Å²) in [6.45, 7) is -1.71. The molecule has 1 heterocycles. The van der Waals surface area contributed by atoms with Gasteiger partial charge in [0.1, 0.15) is 54.9 Å². The number of aliphatic imine (C=N–C) groups is 1. The number of nitrogens with two attached hydrogens (primary N) is 4. The number of H-pyrrole nitrogens is 1. The molecule has 0 aliphatic carbocycles. The minimum absolute atomic E-state index is 0.00115. The van der Waals surface area contributed by atoms with E-state index in [1.165, 1.54) is 19.4 Å². The molecular weight excluding hydrogens is 1050 g/mol. The average molecular weight is 1120 g/mol. The monoisotopic (exact) mass is 1120 g/mol. The highest BCUT2D eigenvalue weighted by molar-refractivity contribution is 7.80. The van der Waals surface area contributed by atoms with Gasteiger partial charge in [-0.3, -0.25) is 62.5 Å². The fourth-order valence-corrected chi connectivity index (χ4v) is 7.07. The lowest BCUT2D eigenvalue weighted by molar-refractivity contribution is -0.139. The fourth-order valence-electron chi connectivity index (χ4n) is 6.81. The average Bonchev–Trinajstić information content (AvgIpc) is 3.91. The number of carboxylic acids is 2. The first-order valence-corrected chi connectivity index (χ1v) is 24.6. The summed E-state index contributed by atoms with van der Waals surface area (Å²) in [6.07, 6.45) is 0.182. The number of rotatable bonds is 36. The molecule has 0 radical (unpaired) electrons. The molecule has 0 unspecified atom stereocenters. The van der Waals surface area contributed by atoms with Crippen molar-refractivity contribution in [3.05, 3.63) is 54.1 Å². The van der Waals surface area contributed by atoms with Crippen LogP contribution in [0.1, 0.15) is 56.7 Å². The predicted molar refractivity (Wildman–Crippen MR) is 275 cm³/mol. The first-order chi connectivity index (χ1) is 36.9. The topological polar surface area (TPSA) is 539 Å². The van der Waals surface area contributed by atoms with Gasteiger partial charge in [-0.05, 0) is 38.2 Å². The smallest absolute Gasteiger partial charge is 0.322 e. The number of guanidine groups is 1. The largest absolute Gasteiger partial charge is 0.481 e. The Balaban J connectivity index is 2.33. The molecule has 2 rings (SSSR count). The van der Waals surface area contributed by atoms with Crippen molar-refractivity contribution < 1.29 is 78.0 Å². The normalized spacial score (nSPS) is 14.3. The van der Waals surface area contributed by atoms with Gasteiger partial charge in [-0.25, -0.2) is 4.98 Å². The van der Waals surface area contributed by atoms with E-state index in [0.29, 0.717) is 11.3 Å². The molecular formula is C45H68N16O16S. The van der Waals surface area contributed by atoms with Gasteiger partial charge in [0.05, 0.1) is 25.6 Å². The van der Waals surface area contributed by atoms with Crippen LogP contribution in [0.4, 0.5) is 0 Å². The summed E-state index contributed by atoms with van der Waals surface area (Å²) in [7, 11) is 0. The maximum atomic E-state index is 14.0. The van der Waals surface area contributed by atoms with Crippen LogP contribution < -0.4 is 70.8 Å². The van der Waals surface area contributed by atoms with Crippen molar-refractivity contribution in [2.24, 2.45) is 27.9 Å². The lowest BCUT2D eigenvalue weighted by Gasteiger charge is -2.27. The number of carboxylic acid groups (broad SMARTS) is 2. The Bertz CT molecular complexity index is 2410. The number of aromatic amines is 1. The van der Waals surface area contributed by atoms with E-state index in [9.17, 15) is 67.7 Å². The molecule has 0 bridgehead atoms. The molecule has 78 heavy (non-hydrogen) atoms. The Labute approximate surface area is 451 Å². The minimum Gasteiger partial charge on any atom is -0.481 e. The number of carbonyl (C=O) groups is 12. The number of hydrogen-bond donors (Lipinski definition) is 19. The van der Waals surface area contributed by atoms with Crippen molar-refractivity contribution in [3.8, 4) is 0 Å². The van der Waals surface area contributed by atoms with Crippen LogP contribution in [0.15, 0.2) is 47.8 Å². The third-order valence-corrected chi connectivity index (χ3v) is 11.4. The van der Waals surface area contributed by atoms with E-state index >= 15 is 0 Å². The number of benzene rings is 1. The molecule has 33 heteroatoms. The number of amides is 10. The number of primary amides is 1. The predicted octanol–water partition coefficient (Wildman–Crippen LogP) is -8.28. The van der Waals surface area contributed by atoms with E-state index in [2.05, 4.69) is 75.4 Å². The summed E-state index contributed by atoms with van der Waals surface area (Å²) in [5.41, 5.74) is 23.0. The van der Waals surface area contributed by atoms with Crippen molar-refractivity contribution in [2.75, 3.05) is 32.1 Å². The number of nitrogens with zero attached hydrogens (tertiary/aromatic N) is 2. The van der Waals surface area contributed by atoms with E-state index in [4.69, 9.17) is 33.1 Å². The maximum absolute atomic E-state index is 14.0. The van der Waals surface area contributed by atoms with Gasteiger partial charge in [0, 0.05) is 49.9 Å². The molecule has 0 fully saturated rings. The number of aliphatic carboxylic acids is 2. The Morgan fingerprint density at radius 3 is 1.60 bits per heavy atom. The van der Waals surface area contributed by atoms with Gasteiger partial charge in [-0.1, -0.05) is 30.3 Å². The van der Waals surface area contributed by atoms with Crippen molar-refractivity contribution in [3.63, 3.8) is 0 Å². The second kappa shape index (κ2) is 34.3. The number of carbonyl (C=O) groups excluding carboxylic acids is 10. The highest BCUT2D eigenvalue weighted by atomic mass is 32.1. The van der Waals surface area contributed by atoms with E-state index < -0.39 is 170 Å². The number of aliphatic hydroxyl groups excluding tert-OH is 2. The van der Waals surface area contributed by atoms with Gasteiger partial charge < -0.3 is 96.2 Å². The number of thiol groups is 1. The molecule has 0 saturated heterocycles. The standard InChI is InChI=1S/C45H68N16O16S/c1-22(36(69)52-17-35(67)68)54-40(73)29(15-24-16-50-21-53-24)58-43(76)31(19-63)60-44(77)32(20-78)61-39(72)27(10-11-33(47)64)56-38(71)26(8-5-13-51-45(48)49)55-42(75)30(18-62)59-41(74)28(14-23-6-3-2-4-7-23)57-37(70)25(46)9-12-34(65)66/h2-4,6-7,16,21-22,25-32,62-63,78H,5,8-15,17-20,46H2,1H3,(H2,47,64)(H,50,53)(H,52,69)(H,54,73)(H,55,75)(H,56,71)(H,57,70)(H,58,76)(H,59,74)(H,60,77)(H,61,72)(H,65,66)(H,67,68)(H4,48,49,51)/t22-,25-,26-,27-,28-,29-,30-,31-,32-/m0/s1. The zero-order chi connectivity index (χ0) is 58.5. The van der Waals surface area contributed by atoms with Crippen LogP contribution in [0.3, 0.4) is 0 Å². The Morgan fingerprint density at radius 2 is 1.09 bits per heavy atom. The SMILES string of the molecule is C[C@H](NC(=O)[C@H](Cc1cnc[nH]1)NC(=O)[C@H](CO)NC(=O)[C@H](CS)NC(=O)[C@H](CCC(N)=O)NC(=O)[C@H](CCCN=C(N)N)NC(=O)[C@H](CO)NC(=O)[C@H](Cc1ccccc1)NC(=O)[C@@H](N)CCC(=O)O)C(=O)NCC(=O)O. The summed E-state index contributed by atoms with van der Waals surface area (Å²) in [6, 6.07) is -5.79. The number of aromatic nitrogens is 2. The summed E-state index contributed by atoms with van der Waals surface area (Å²) >= 11 is 4.12. The second-order valence-electron chi connectivity index (χ2n) is 17.3. The summed E-state index contributed by atoms with van der Waals surface area (Å²) in [4.78, 5) is 165. The molecule has 22 N–H and O–H groups in total. The Hall–Kier alpha value is -8.43. The second-order valence-corrected chi connectivity index (χ2v) is 17.6. The lowest BCUT2D eigenvalue weighted by Crippen LogP contribution is -2.61. The van der Waals surface area contributed by atoms with Crippen LogP contribution in [0, 0.1) is 0 Å². The molecule has 10 amide bonds. The van der Waals surface area contributed by atoms with E-state index in [0.717, 1.165) is 0 Å². The minimum atomic E-state index is -1.80. The van der Waals surface area contributed by atoms with Gasteiger partial charge in [-0.15, -0.1) is 0 Å². The van der Waals surface area contributed by atoms with E-state index in [1.807, 2.05) is 0 Å².